The van der Waals surface area contributed by atoms with Crippen LogP contribution in [0.3, 0.4) is 0 Å². The third kappa shape index (κ3) is 2.57. The zero-order valence-electron chi connectivity index (χ0n) is 9.95. The Hall–Kier alpha value is -0.890. The van der Waals surface area contributed by atoms with Crippen molar-refractivity contribution in [1.29, 1.82) is 0 Å². The molecule has 0 aromatic carbocycles. The van der Waals surface area contributed by atoms with E-state index in [4.69, 9.17) is 0 Å². The predicted molar refractivity (Wildman–Crippen MR) is 61.5 cm³/mol. The number of carbonyl (C=O) groups is 1. The first-order chi connectivity index (χ1) is 6.85. The summed E-state index contributed by atoms with van der Waals surface area (Å²) in [5, 5.41) is 9.93. The van der Waals surface area contributed by atoms with Crippen LogP contribution in [-0.4, -0.2) is 17.0 Å². The molecule has 0 saturated heterocycles. The highest BCUT2D eigenvalue weighted by Gasteiger charge is 2.38. The second-order valence-corrected chi connectivity index (χ2v) is 4.97. The van der Waals surface area contributed by atoms with Crippen LogP contribution in [0.25, 0.3) is 0 Å². The smallest absolute Gasteiger partial charge is 0.152 e. The molecule has 0 bridgehead atoms. The second-order valence-electron chi connectivity index (χ2n) is 4.97. The van der Waals surface area contributed by atoms with Crippen molar-refractivity contribution < 1.29 is 9.90 Å². The highest BCUT2D eigenvalue weighted by Crippen LogP contribution is 2.41. The minimum Gasteiger partial charge on any atom is -0.392 e. The molecule has 1 N–H and O–H groups in total. The fraction of sp³-hybridized carbons (Fsp3) is 0.615. The normalized spacial score (nSPS) is 30.3. The monoisotopic (exact) mass is 208 g/mol. The van der Waals surface area contributed by atoms with Crippen molar-refractivity contribution in [2.45, 2.75) is 40.2 Å². The molecule has 1 aliphatic carbocycles. The van der Waals surface area contributed by atoms with E-state index in [1.54, 1.807) is 13.0 Å². The maximum atomic E-state index is 10.9. The highest BCUT2D eigenvalue weighted by atomic mass is 16.3. The van der Waals surface area contributed by atoms with E-state index in [1.807, 2.05) is 19.9 Å². The first-order valence-corrected chi connectivity index (χ1v) is 5.39. The molecule has 0 fully saturated rings. The maximum Gasteiger partial charge on any atom is 0.152 e. The molecule has 2 unspecified atom stereocenters. The Labute approximate surface area is 91.7 Å². The molecule has 0 heterocycles. The summed E-state index contributed by atoms with van der Waals surface area (Å²) in [6.07, 6.45) is 5.95. The number of rotatable bonds is 2. The van der Waals surface area contributed by atoms with Gasteiger partial charge in [-0.2, -0.15) is 0 Å². The van der Waals surface area contributed by atoms with E-state index in [-0.39, 0.29) is 23.2 Å². The Morgan fingerprint density at radius 2 is 2.20 bits per heavy atom. The van der Waals surface area contributed by atoms with E-state index in [1.165, 1.54) is 5.57 Å². The van der Waals surface area contributed by atoms with E-state index >= 15 is 0 Å². The predicted octanol–water partition coefficient (Wildman–Crippen LogP) is 2.48. The second kappa shape index (κ2) is 4.31. The molecule has 0 aromatic rings. The van der Waals surface area contributed by atoms with Gasteiger partial charge >= 0.3 is 0 Å². The van der Waals surface area contributed by atoms with Gasteiger partial charge in [0.25, 0.3) is 0 Å². The van der Waals surface area contributed by atoms with E-state index < -0.39 is 0 Å². The average molecular weight is 208 g/mol. The molecule has 2 nitrogen and oxygen atoms in total. The number of allylic oxidation sites excluding steroid dienone is 3. The van der Waals surface area contributed by atoms with Crippen LogP contribution in [0.15, 0.2) is 23.8 Å². The van der Waals surface area contributed by atoms with Gasteiger partial charge in [-0.05, 0) is 26.3 Å². The molecule has 0 spiro atoms. The largest absolute Gasteiger partial charge is 0.392 e. The van der Waals surface area contributed by atoms with Gasteiger partial charge in [0.15, 0.2) is 5.78 Å². The quantitative estimate of drug-likeness (QED) is 0.559. The van der Waals surface area contributed by atoms with E-state index in [9.17, 15) is 9.90 Å². The summed E-state index contributed by atoms with van der Waals surface area (Å²) in [4.78, 5) is 10.9. The first-order valence-electron chi connectivity index (χ1n) is 5.39. The van der Waals surface area contributed by atoms with Crippen LogP contribution >= 0.6 is 0 Å². The molecule has 0 amide bonds. The van der Waals surface area contributed by atoms with Gasteiger partial charge < -0.3 is 5.11 Å². The summed E-state index contributed by atoms with van der Waals surface area (Å²) in [5.41, 5.74) is 1.05. The van der Waals surface area contributed by atoms with Crippen molar-refractivity contribution in [3.8, 4) is 0 Å². The number of hydrogen-bond acceptors (Lipinski definition) is 2. The fourth-order valence-electron chi connectivity index (χ4n) is 2.15. The molecule has 0 saturated carbocycles. The average Bonchev–Trinajstić information content (AvgIpc) is 2.11. The van der Waals surface area contributed by atoms with Crippen molar-refractivity contribution in [1.82, 2.24) is 0 Å². The third-order valence-electron chi connectivity index (χ3n) is 3.34. The van der Waals surface area contributed by atoms with Gasteiger partial charge in [-0.25, -0.2) is 0 Å². The molecule has 1 rings (SSSR count). The summed E-state index contributed by atoms with van der Waals surface area (Å²) >= 11 is 0. The number of hydrogen-bond donors (Lipinski definition) is 1. The van der Waals surface area contributed by atoms with Crippen molar-refractivity contribution in [2.24, 2.45) is 11.3 Å². The number of aliphatic hydroxyl groups excluding tert-OH is 1. The zero-order chi connectivity index (χ0) is 11.6. The molecule has 15 heavy (non-hydrogen) atoms. The summed E-state index contributed by atoms with van der Waals surface area (Å²) in [7, 11) is 0. The third-order valence-corrected chi connectivity index (χ3v) is 3.34. The number of ketones is 1. The Balaban J connectivity index is 2.96. The van der Waals surface area contributed by atoms with Crippen LogP contribution in [0.2, 0.25) is 0 Å². The van der Waals surface area contributed by atoms with Crippen LogP contribution in [0.4, 0.5) is 0 Å². The van der Waals surface area contributed by atoms with Gasteiger partial charge in [-0.15, -0.1) is 0 Å². The van der Waals surface area contributed by atoms with Crippen molar-refractivity contribution >= 4 is 5.78 Å². The lowest BCUT2D eigenvalue weighted by molar-refractivity contribution is -0.112. The van der Waals surface area contributed by atoms with E-state index in [0.29, 0.717) is 6.42 Å². The van der Waals surface area contributed by atoms with Gasteiger partial charge in [-0.1, -0.05) is 31.6 Å². The Bertz CT molecular complexity index is 310. The first kappa shape index (κ1) is 12.2. The molecule has 0 aromatic heterocycles. The number of aliphatic hydroxyl groups is 1. The molecular weight excluding hydrogens is 188 g/mol. The van der Waals surface area contributed by atoms with Gasteiger partial charge in [0.2, 0.25) is 0 Å². The van der Waals surface area contributed by atoms with Gasteiger partial charge in [0.05, 0.1) is 6.10 Å². The SMILES string of the molecule is CC(=O)C=CC1C(C)=CCC(O)C1(C)C. The lowest BCUT2D eigenvalue weighted by atomic mass is 9.67. The molecule has 0 aliphatic heterocycles. The van der Waals surface area contributed by atoms with Gasteiger partial charge in [0.1, 0.15) is 0 Å². The Morgan fingerprint density at radius 1 is 1.60 bits per heavy atom. The molecular formula is C13H20O2. The minimum absolute atomic E-state index is 0.0543. The topological polar surface area (TPSA) is 37.3 Å². The summed E-state index contributed by atoms with van der Waals surface area (Å²) < 4.78 is 0. The van der Waals surface area contributed by atoms with Crippen LogP contribution in [0.5, 0.6) is 0 Å². The maximum absolute atomic E-state index is 10.9. The van der Waals surface area contributed by atoms with Gasteiger partial charge in [-0.3, -0.25) is 4.79 Å². The standard InChI is InChI=1S/C13H20O2/c1-9-5-8-12(15)13(3,4)11(9)7-6-10(2)14/h5-7,11-12,15H,8H2,1-4H3. The summed E-state index contributed by atoms with van der Waals surface area (Å²) in [6, 6.07) is 0. The molecule has 1 aliphatic rings. The molecule has 84 valence electrons. The van der Waals surface area contributed by atoms with Crippen LogP contribution < -0.4 is 0 Å². The van der Waals surface area contributed by atoms with Crippen LogP contribution in [-0.2, 0) is 4.79 Å². The molecule has 2 atom stereocenters. The highest BCUT2D eigenvalue weighted by molar-refractivity contribution is 5.87. The number of carbonyl (C=O) groups excluding carboxylic acids is 1. The van der Waals surface area contributed by atoms with Crippen LogP contribution in [0, 0.1) is 11.3 Å². The lowest BCUT2D eigenvalue weighted by Crippen LogP contribution is -2.39. The van der Waals surface area contributed by atoms with Crippen molar-refractivity contribution in [3.05, 3.63) is 23.8 Å². The molecule has 2 heteroatoms. The van der Waals surface area contributed by atoms with E-state index in [0.717, 1.165) is 0 Å². The van der Waals surface area contributed by atoms with Crippen LogP contribution in [0.1, 0.15) is 34.1 Å². The van der Waals surface area contributed by atoms with Gasteiger partial charge in [0, 0.05) is 11.3 Å². The van der Waals surface area contributed by atoms with Crippen molar-refractivity contribution in [3.63, 3.8) is 0 Å². The lowest BCUT2D eigenvalue weighted by Gasteiger charge is -2.40. The Kier molecular flexibility index (Phi) is 3.50. The summed E-state index contributed by atoms with van der Waals surface area (Å²) in [6.45, 7) is 7.69. The fourth-order valence-corrected chi connectivity index (χ4v) is 2.15. The van der Waals surface area contributed by atoms with Crippen molar-refractivity contribution in [2.75, 3.05) is 0 Å². The zero-order valence-corrected chi connectivity index (χ0v) is 9.95. The summed E-state index contributed by atoms with van der Waals surface area (Å²) in [5.74, 6) is 0.212. The minimum atomic E-state index is -0.331. The van der Waals surface area contributed by atoms with E-state index in [2.05, 4.69) is 13.0 Å². The molecule has 0 radical (unpaired) electrons. The Morgan fingerprint density at radius 3 is 2.73 bits per heavy atom.